The summed E-state index contributed by atoms with van der Waals surface area (Å²) in [7, 11) is 0. The number of hydrogen-bond donors (Lipinski definition) is 4. The highest BCUT2D eigenvalue weighted by atomic mass is 16.7. The van der Waals surface area contributed by atoms with Crippen molar-refractivity contribution in [2.45, 2.75) is 85.6 Å². The summed E-state index contributed by atoms with van der Waals surface area (Å²) in [6.07, 6.45) is 2.72. The number of rotatable bonds is 13. The molecular formula is C49H53N5O8. The predicted molar refractivity (Wildman–Crippen MR) is 236 cm³/mol. The number of phenols is 2. The normalized spacial score (nSPS) is 12.7. The van der Waals surface area contributed by atoms with Crippen molar-refractivity contribution in [3.63, 3.8) is 0 Å². The maximum absolute atomic E-state index is 14.0. The van der Waals surface area contributed by atoms with Crippen LogP contribution in [0.1, 0.15) is 109 Å². The Labute approximate surface area is 361 Å². The second-order valence-electron chi connectivity index (χ2n) is 16.2. The van der Waals surface area contributed by atoms with Crippen LogP contribution in [0.15, 0.2) is 84.9 Å². The second-order valence-corrected chi connectivity index (χ2v) is 16.2. The number of phenolic OH excluding ortho intramolecular Hbond substituents is 2. The van der Waals surface area contributed by atoms with Crippen molar-refractivity contribution in [3.8, 4) is 23.0 Å². The number of aromatic nitrogens is 3. The van der Waals surface area contributed by atoms with E-state index in [9.17, 15) is 24.6 Å². The van der Waals surface area contributed by atoms with Gasteiger partial charge < -0.3 is 35.2 Å². The van der Waals surface area contributed by atoms with Crippen LogP contribution in [0.25, 0.3) is 11.0 Å². The molecule has 0 spiro atoms. The van der Waals surface area contributed by atoms with E-state index < -0.39 is 12.0 Å². The smallest absolute Gasteiger partial charge is 0.365 e. The van der Waals surface area contributed by atoms with Gasteiger partial charge in [0.2, 0.25) is 11.8 Å². The largest absolute Gasteiger partial charge is 0.507 e. The first-order valence-corrected chi connectivity index (χ1v) is 21.2. The fourth-order valence-corrected chi connectivity index (χ4v) is 7.91. The number of nitrogens with one attached hydrogen (secondary N) is 2. The lowest BCUT2D eigenvalue weighted by molar-refractivity contribution is -0.125. The van der Waals surface area contributed by atoms with Gasteiger partial charge in [-0.25, -0.2) is 4.79 Å². The van der Waals surface area contributed by atoms with E-state index in [2.05, 4.69) is 20.9 Å². The Hall–Kier alpha value is -6.89. The number of hydrogen-bond acceptors (Lipinski definition) is 10. The summed E-state index contributed by atoms with van der Waals surface area (Å²) in [5.74, 6) is 0.0570. The number of carbonyl (C=O) groups excluding carboxylic acids is 3. The molecule has 7 rings (SSSR count). The summed E-state index contributed by atoms with van der Waals surface area (Å²) >= 11 is 0. The fraction of sp³-hybridized carbons (Fsp3) is 0.327. The molecule has 0 radical (unpaired) electrons. The fourth-order valence-electron chi connectivity index (χ4n) is 7.91. The molecule has 1 heterocycles. The lowest BCUT2D eigenvalue weighted by Crippen LogP contribution is -2.43. The van der Waals surface area contributed by atoms with Crippen LogP contribution >= 0.6 is 0 Å². The van der Waals surface area contributed by atoms with Crippen LogP contribution in [0.3, 0.4) is 0 Å². The summed E-state index contributed by atoms with van der Waals surface area (Å²) in [5.41, 5.74) is 6.85. The Balaban J connectivity index is 1.38. The van der Waals surface area contributed by atoms with E-state index >= 15 is 0 Å². The van der Waals surface area contributed by atoms with Gasteiger partial charge in [0.1, 0.15) is 40.1 Å². The van der Waals surface area contributed by atoms with Crippen molar-refractivity contribution < 1.29 is 38.9 Å². The lowest BCUT2D eigenvalue weighted by Gasteiger charge is -2.22. The molecule has 6 aromatic rings. The summed E-state index contributed by atoms with van der Waals surface area (Å²) in [6.45, 7) is 10.2. The SMILES string of the molecule is CCCOc1c2cccc1Cc1cc(C(=O)On3nnc4ccccc43)cc(c1O)Cc1cccc(c1OCCC)Cc1cc(NC(=O)C(CC(C)C)NC(C)=O)cc(c1O)C2. The maximum Gasteiger partial charge on any atom is 0.365 e. The molecule has 322 valence electrons. The highest BCUT2D eigenvalue weighted by Crippen LogP contribution is 2.40. The molecule has 8 bridgehead atoms. The molecule has 62 heavy (non-hydrogen) atoms. The molecule has 13 nitrogen and oxygen atoms in total. The van der Waals surface area contributed by atoms with Crippen LogP contribution in [0.5, 0.6) is 23.0 Å². The number of benzene rings is 5. The number of anilines is 1. The first kappa shape index (κ1) is 43.2. The summed E-state index contributed by atoms with van der Waals surface area (Å²) in [6, 6.07) is 24.7. The Morgan fingerprint density at radius 3 is 1.69 bits per heavy atom. The van der Waals surface area contributed by atoms with Crippen LogP contribution in [-0.2, 0) is 35.3 Å². The van der Waals surface area contributed by atoms with Crippen molar-refractivity contribution in [2.75, 3.05) is 18.5 Å². The summed E-state index contributed by atoms with van der Waals surface area (Å²) in [4.78, 5) is 46.7. The number of aromatic hydroxyl groups is 2. The zero-order valence-electron chi connectivity index (χ0n) is 35.8. The van der Waals surface area contributed by atoms with Gasteiger partial charge in [0.25, 0.3) is 0 Å². The van der Waals surface area contributed by atoms with E-state index in [4.69, 9.17) is 14.3 Å². The van der Waals surface area contributed by atoms with Crippen molar-refractivity contribution in [3.05, 3.63) is 135 Å². The zero-order valence-corrected chi connectivity index (χ0v) is 35.8. The van der Waals surface area contributed by atoms with Crippen molar-refractivity contribution in [2.24, 2.45) is 5.92 Å². The average Bonchev–Trinajstić information content (AvgIpc) is 3.64. The monoisotopic (exact) mass is 839 g/mol. The Morgan fingerprint density at radius 2 is 1.21 bits per heavy atom. The summed E-state index contributed by atoms with van der Waals surface area (Å²) < 4.78 is 12.9. The zero-order chi connectivity index (χ0) is 43.9. The van der Waals surface area contributed by atoms with Gasteiger partial charge in [-0.2, -0.15) is 0 Å². The minimum atomic E-state index is -0.756. The highest BCUT2D eigenvalue weighted by Gasteiger charge is 2.25. The average molecular weight is 840 g/mol. The van der Waals surface area contributed by atoms with Gasteiger partial charge in [0.05, 0.1) is 18.8 Å². The Kier molecular flexibility index (Phi) is 13.4. The quantitative estimate of drug-likeness (QED) is 0.0662. The van der Waals surface area contributed by atoms with E-state index in [0.29, 0.717) is 70.1 Å². The van der Waals surface area contributed by atoms with E-state index in [-0.39, 0.29) is 60.5 Å². The molecule has 13 heteroatoms. The van der Waals surface area contributed by atoms with Gasteiger partial charge in [0, 0.05) is 49.4 Å². The third-order valence-corrected chi connectivity index (χ3v) is 10.7. The molecule has 5 aromatic carbocycles. The van der Waals surface area contributed by atoms with Gasteiger partial charge in [-0.3, -0.25) is 9.59 Å². The van der Waals surface area contributed by atoms with Gasteiger partial charge in [-0.15, -0.1) is 5.10 Å². The molecule has 0 saturated carbocycles. The third-order valence-electron chi connectivity index (χ3n) is 10.7. The highest BCUT2D eigenvalue weighted by molar-refractivity contribution is 5.97. The minimum Gasteiger partial charge on any atom is -0.507 e. The molecule has 2 amide bonds. The van der Waals surface area contributed by atoms with Crippen LogP contribution in [0, 0.1) is 5.92 Å². The van der Waals surface area contributed by atoms with Crippen molar-refractivity contribution in [1.29, 1.82) is 0 Å². The third kappa shape index (κ3) is 9.83. The molecule has 1 aromatic heterocycles. The second kappa shape index (κ2) is 19.2. The van der Waals surface area contributed by atoms with Crippen LogP contribution in [0.2, 0.25) is 0 Å². The molecule has 1 aliphatic carbocycles. The van der Waals surface area contributed by atoms with E-state index in [0.717, 1.165) is 39.9 Å². The van der Waals surface area contributed by atoms with Crippen molar-refractivity contribution >= 4 is 34.5 Å². The minimum absolute atomic E-state index is 0.0248. The van der Waals surface area contributed by atoms with Crippen LogP contribution < -0.4 is 24.9 Å². The van der Waals surface area contributed by atoms with Gasteiger partial charge in [0.15, 0.2) is 0 Å². The summed E-state index contributed by atoms with van der Waals surface area (Å²) in [5, 5.41) is 38.2. The lowest BCUT2D eigenvalue weighted by atomic mass is 9.90. The molecule has 1 aliphatic rings. The van der Waals surface area contributed by atoms with Gasteiger partial charge >= 0.3 is 5.97 Å². The predicted octanol–water partition coefficient (Wildman–Crippen LogP) is 7.86. The molecule has 0 saturated heterocycles. The van der Waals surface area contributed by atoms with Gasteiger partial charge in [-0.05, 0) is 100 Å². The van der Waals surface area contributed by atoms with Crippen molar-refractivity contribution in [1.82, 2.24) is 20.5 Å². The number of ether oxygens (including phenoxy) is 2. The molecule has 0 fully saturated rings. The Morgan fingerprint density at radius 1 is 0.710 bits per heavy atom. The number of carbonyl (C=O) groups is 3. The van der Waals surface area contributed by atoms with Crippen LogP contribution in [0.4, 0.5) is 5.69 Å². The molecule has 1 atom stereocenters. The molecule has 0 aliphatic heterocycles. The number of amides is 2. The van der Waals surface area contributed by atoms with E-state index in [1.165, 1.54) is 6.92 Å². The van der Waals surface area contributed by atoms with E-state index in [1.807, 2.05) is 70.2 Å². The number of fused-ring (bicyclic) bond motifs is 9. The van der Waals surface area contributed by atoms with Crippen LogP contribution in [-0.4, -0.2) is 62.4 Å². The molecule has 1 unspecified atom stereocenters. The molecular weight excluding hydrogens is 787 g/mol. The van der Waals surface area contributed by atoms with E-state index in [1.54, 1.807) is 42.5 Å². The number of nitrogens with zero attached hydrogens (tertiary/aromatic N) is 3. The molecule has 4 N–H and O–H groups in total. The Bertz CT molecular complexity index is 2510. The first-order chi connectivity index (χ1) is 29.9. The maximum atomic E-state index is 14.0. The first-order valence-electron chi connectivity index (χ1n) is 21.2. The standard InChI is InChI=1S/C49H53N5O8/c1-6-18-60-46-31-12-10-14-33(46)23-37-27-40(51-48(58)42(20-29(3)4)50-30(5)55)28-38(45(37)57)24-34-15-11-13-32(47(34)61-19-7-2)22-36-26-39(25-35(21-31)44(36)56)49(59)62-54-43-17-9-8-16-41(43)52-53-54/h8-17,25-29,42,56-57H,6-7,18-24H2,1-5H3,(H,50,55)(H,51,58). The topological polar surface area (TPSA) is 174 Å². The van der Waals surface area contributed by atoms with Gasteiger partial charge in [-0.1, -0.05) is 81.1 Å². The number of para-hydroxylation sites is 3.